The third-order valence-corrected chi connectivity index (χ3v) is 5.52. The topological polar surface area (TPSA) is 64.2 Å². The summed E-state index contributed by atoms with van der Waals surface area (Å²) in [6, 6.07) is 10.1. The summed E-state index contributed by atoms with van der Waals surface area (Å²) in [6.45, 7) is 8.63. The molecule has 1 atom stereocenters. The van der Waals surface area contributed by atoms with Crippen molar-refractivity contribution in [1.29, 1.82) is 0 Å². The molecule has 148 valence electrons. The fourth-order valence-electron chi connectivity index (χ4n) is 4.06. The Morgan fingerprint density at radius 3 is 2.89 bits per heavy atom. The van der Waals surface area contributed by atoms with Crippen molar-refractivity contribution in [2.24, 2.45) is 0 Å². The molecule has 1 aliphatic rings. The molecule has 0 saturated carbocycles. The molecule has 0 aliphatic carbocycles. The van der Waals surface area contributed by atoms with Crippen molar-refractivity contribution in [3.63, 3.8) is 0 Å². The van der Waals surface area contributed by atoms with Crippen LogP contribution in [0.2, 0.25) is 0 Å². The summed E-state index contributed by atoms with van der Waals surface area (Å²) in [5, 5.41) is 4.01. The van der Waals surface area contributed by atoms with Crippen molar-refractivity contribution in [3.8, 4) is 0 Å². The highest BCUT2D eigenvalue weighted by atomic mass is 16.5. The Labute approximate surface area is 165 Å². The largest absolute Gasteiger partial charge is 0.360 e. The Bertz CT molecular complexity index is 972. The van der Waals surface area contributed by atoms with E-state index >= 15 is 0 Å². The summed E-state index contributed by atoms with van der Waals surface area (Å²) < 4.78 is 7.66. The van der Waals surface area contributed by atoms with Crippen LogP contribution in [0.3, 0.4) is 0 Å². The van der Waals surface area contributed by atoms with Gasteiger partial charge in [0.1, 0.15) is 11.6 Å². The van der Waals surface area contributed by atoms with E-state index in [0.717, 1.165) is 49.5 Å². The fourth-order valence-corrected chi connectivity index (χ4v) is 4.06. The number of carbonyl (C=O) groups is 1. The molecule has 28 heavy (non-hydrogen) atoms. The van der Waals surface area contributed by atoms with E-state index in [4.69, 9.17) is 9.51 Å². The molecule has 2 aromatic heterocycles. The molecule has 1 aromatic carbocycles. The molecule has 0 radical (unpaired) electrons. The first-order valence-corrected chi connectivity index (χ1v) is 10.3. The smallest absolute Gasteiger partial charge is 0.276 e. The van der Waals surface area contributed by atoms with Gasteiger partial charge in [-0.15, -0.1) is 0 Å². The fraction of sp³-hybridized carbons (Fsp3) is 0.500. The van der Waals surface area contributed by atoms with Crippen molar-refractivity contribution < 1.29 is 9.32 Å². The van der Waals surface area contributed by atoms with Gasteiger partial charge in [0.25, 0.3) is 5.91 Å². The van der Waals surface area contributed by atoms with Crippen LogP contribution in [0, 0.1) is 0 Å². The summed E-state index contributed by atoms with van der Waals surface area (Å²) in [7, 11) is 0. The average Bonchev–Trinajstić information content (AvgIpc) is 3.34. The van der Waals surface area contributed by atoms with Gasteiger partial charge in [-0.3, -0.25) is 4.79 Å². The van der Waals surface area contributed by atoms with Gasteiger partial charge in [-0.1, -0.05) is 38.1 Å². The molecule has 4 rings (SSSR count). The first kappa shape index (κ1) is 18.7. The predicted octanol–water partition coefficient (Wildman–Crippen LogP) is 4.58. The molecule has 1 saturated heterocycles. The number of para-hydroxylation sites is 2. The van der Waals surface area contributed by atoms with Crippen molar-refractivity contribution in [2.45, 2.75) is 58.4 Å². The number of fused-ring (bicyclic) bond motifs is 1. The molecule has 3 heterocycles. The van der Waals surface area contributed by atoms with Gasteiger partial charge in [0.15, 0.2) is 5.69 Å². The Hall–Kier alpha value is -2.63. The molecule has 0 N–H and O–H groups in total. The summed E-state index contributed by atoms with van der Waals surface area (Å²) in [5.41, 5.74) is 2.62. The normalized spacial score (nSPS) is 17.6. The van der Waals surface area contributed by atoms with E-state index in [1.807, 2.05) is 24.8 Å². The minimum atomic E-state index is -0.0431. The van der Waals surface area contributed by atoms with Crippen molar-refractivity contribution in [2.75, 3.05) is 13.1 Å². The number of rotatable bonds is 5. The number of carbonyl (C=O) groups excluding carboxylic acids is 1. The Kier molecular flexibility index (Phi) is 5.20. The van der Waals surface area contributed by atoms with E-state index in [9.17, 15) is 4.79 Å². The summed E-state index contributed by atoms with van der Waals surface area (Å²) in [5.74, 6) is 2.27. The highest BCUT2D eigenvalue weighted by Gasteiger charge is 2.30. The van der Waals surface area contributed by atoms with Crippen LogP contribution < -0.4 is 0 Å². The number of hydrogen-bond donors (Lipinski definition) is 0. The van der Waals surface area contributed by atoms with Crippen LogP contribution in [0.1, 0.15) is 73.9 Å². The molecule has 6 heteroatoms. The maximum absolute atomic E-state index is 13.0. The predicted molar refractivity (Wildman–Crippen MR) is 108 cm³/mol. The van der Waals surface area contributed by atoms with Crippen LogP contribution >= 0.6 is 0 Å². The van der Waals surface area contributed by atoms with Gasteiger partial charge in [-0.2, -0.15) is 0 Å². The number of hydrogen-bond acceptors (Lipinski definition) is 4. The van der Waals surface area contributed by atoms with E-state index in [0.29, 0.717) is 12.2 Å². The van der Waals surface area contributed by atoms with Gasteiger partial charge in [0, 0.05) is 37.5 Å². The Morgan fingerprint density at radius 2 is 2.14 bits per heavy atom. The zero-order chi connectivity index (χ0) is 19.7. The van der Waals surface area contributed by atoms with Gasteiger partial charge in [0.2, 0.25) is 0 Å². The lowest BCUT2D eigenvalue weighted by atomic mass is 9.96. The third-order valence-electron chi connectivity index (χ3n) is 5.52. The van der Waals surface area contributed by atoms with Gasteiger partial charge < -0.3 is 14.0 Å². The van der Waals surface area contributed by atoms with E-state index in [2.05, 4.69) is 34.8 Å². The zero-order valence-electron chi connectivity index (χ0n) is 16.9. The maximum atomic E-state index is 13.0. The molecule has 1 amide bonds. The Balaban J connectivity index is 1.59. The van der Waals surface area contributed by atoms with Crippen LogP contribution in [0.25, 0.3) is 11.0 Å². The number of aryl methyl sites for hydroxylation is 1. The van der Waals surface area contributed by atoms with E-state index in [-0.39, 0.29) is 17.7 Å². The molecular formula is C22H28N4O2. The summed E-state index contributed by atoms with van der Waals surface area (Å²) in [6.07, 6.45) is 3.08. The molecule has 6 nitrogen and oxygen atoms in total. The SMILES string of the molecule is CCCn1c(C2CCCN(C(=O)c3cc(C(C)C)on3)C2)nc2ccccc21. The monoisotopic (exact) mass is 380 g/mol. The van der Waals surface area contributed by atoms with Gasteiger partial charge in [-0.05, 0) is 31.4 Å². The number of benzene rings is 1. The number of nitrogens with zero attached hydrogens (tertiary/aromatic N) is 4. The molecule has 1 aliphatic heterocycles. The first-order valence-electron chi connectivity index (χ1n) is 10.3. The second kappa shape index (κ2) is 7.78. The molecule has 0 bridgehead atoms. The molecular weight excluding hydrogens is 352 g/mol. The zero-order valence-corrected chi connectivity index (χ0v) is 16.9. The molecule has 1 unspecified atom stereocenters. The summed E-state index contributed by atoms with van der Waals surface area (Å²) in [4.78, 5) is 19.8. The van der Waals surface area contributed by atoms with E-state index in [1.54, 1.807) is 6.07 Å². The minimum Gasteiger partial charge on any atom is -0.360 e. The summed E-state index contributed by atoms with van der Waals surface area (Å²) >= 11 is 0. The average molecular weight is 380 g/mol. The van der Waals surface area contributed by atoms with Gasteiger partial charge >= 0.3 is 0 Å². The van der Waals surface area contributed by atoms with Crippen molar-refractivity contribution in [1.82, 2.24) is 19.6 Å². The Morgan fingerprint density at radius 1 is 1.32 bits per heavy atom. The third kappa shape index (κ3) is 3.43. The van der Waals surface area contributed by atoms with E-state index in [1.165, 1.54) is 5.52 Å². The highest BCUT2D eigenvalue weighted by Crippen LogP contribution is 2.30. The van der Waals surface area contributed by atoms with Crippen LogP contribution in [0.4, 0.5) is 0 Å². The quantitative estimate of drug-likeness (QED) is 0.650. The standard InChI is InChI=1S/C22H28N4O2/c1-4-11-26-19-10-6-5-9-17(19)23-21(26)16-8-7-12-25(14-16)22(27)18-13-20(15(2)3)28-24-18/h5-6,9-10,13,15-16H,4,7-8,11-12,14H2,1-3H3. The molecule has 1 fully saturated rings. The second-order valence-electron chi connectivity index (χ2n) is 7.97. The van der Waals surface area contributed by atoms with Crippen LogP contribution in [0.15, 0.2) is 34.9 Å². The number of imidazole rings is 1. The number of amides is 1. The van der Waals surface area contributed by atoms with Crippen molar-refractivity contribution in [3.05, 3.63) is 47.6 Å². The number of piperidine rings is 1. The number of aromatic nitrogens is 3. The molecule has 0 spiro atoms. The number of likely N-dealkylation sites (tertiary alicyclic amines) is 1. The van der Waals surface area contributed by atoms with Gasteiger partial charge in [-0.25, -0.2) is 4.98 Å². The lowest BCUT2D eigenvalue weighted by Gasteiger charge is -2.32. The van der Waals surface area contributed by atoms with Crippen LogP contribution in [-0.2, 0) is 6.54 Å². The van der Waals surface area contributed by atoms with Crippen molar-refractivity contribution >= 4 is 16.9 Å². The minimum absolute atomic E-state index is 0.0431. The highest BCUT2D eigenvalue weighted by molar-refractivity contribution is 5.92. The second-order valence-corrected chi connectivity index (χ2v) is 7.97. The lowest BCUT2D eigenvalue weighted by molar-refractivity contribution is 0.0693. The van der Waals surface area contributed by atoms with Gasteiger partial charge in [0.05, 0.1) is 11.0 Å². The van der Waals surface area contributed by atoms with E-state index < -0.39 is 0 Å². The van der Waals surface area contributed by atoms with Crippen LogP contribution in [-0.4, -0.2) is 38.6 Å². The maximum Gasteiger partial charge on any atom is 0.276 e. The van der Waals surface area contributed by atoms with Crippen LogP contribution in [0.5, 0.6) is 0 Å². The first-order chi connectivity index (χ1) is 13.6. The lowest BCUT2D eigenvalue weighted by Crippen LogP contribution is -2.40. The molecule has 3 aromatic rings.